The molecule has 1 aromatic heterocycles. The maximum absolute atomic E-state index is 12.0. The van der Waals surface area contributed by atoms with Crippen LogP contribution in [0.1, 0.15) is 17.0 Å². The molecule has 0 fully saturated rings. The van der Waals surface area contributed by atoms with Crippen molar-refractivity contribution >= 4 is 5.97 Å². The van der Waals surface area contributed by atoms with Crippen molar-refractivity contribution in [1.82, 2.24) is 15.0 Å². The van der Waals surface area contributed by atoms with Crippen molar-refractivity contribution < 1.29 is 18.3 Å². The zero-order chi connectivity index (χ0) is 9.14. The van der Waals surface area contributed by atoms with E-state index in [0.717, 1.165) is 13.3 Å². The summed E-state index contributed by atoms with van der Waals surface area (Å²) in [4.78, 5) is 10.7. The van der Waals surface area contributed by atoms with Crippen LogP contribution in [0.5, 0.6) is 0 Å². The summed E-state index contributed by atoms with van der Waals surface area (Å²) in [7, 11) is 1.09. The fraction of sp³-hybridized carbons (Fsp3) is 0.400. The van der Waals surface area contributed by atoms with Gasteiger partial charge in [-0.25, -0.2) is 4.79 Å². The van der Waals surface area contributed by atoms with E-state index in [0.29, 0.717) is 0 Å². The lowest BCUT2D eigenvalue weighted by molar-refractivity contribution is 0.0388. The second-order valence-electron chi connectivity index (χ2n) is 1.83. The maximum atomic E-state index is 12.0. The molecule has 0 aromatic carbocycles. The van der Waals surface area contributed by atoms with Crippen LogP contribution in [0.25, 0.3) is 0 Å². The van der Waals surface area contributed by atoms with Crippen molar-refractivity contribution in [2.24, 2.45) is 0 Å². The van der Waals surface area contributed by atoms with E-state index in [9.17, 15) is 13.6 Å². The van der Waals surface area contributed by atoms with Gasteiger partial charge in [0.15, 0.2) is 5.69 Å². The number of carbonyl (C=O) groups excluding carboxylic acids is 1. The molecule has 0 saturated heterocycles. The fourth-order valence-corrected chi connectivity index (χ4v) is 0.638. The molecule has 0 N–H and O–H groups in total. The first kappa shape index (κ1) is 8.57. The quantitative estimate of drug-likeness (QED) is 0.616. The number of carbonyl (C=O) groups is 1. The highest BCUT2D eigenvalue weighted by molar-refractivity contribution is 5.86. The van der Waals surface area contributed by atoms with Gasteiger partial charge in [0, 0.05) is 0 Å². The average molecular weight is 177 g/mol. The van der Waals surface area contributed by atoms with Crippen LogP contribution in [0.2, 0.25) is 0 Å². The van der Waals surface area contributed by atoms with Gasteiger partial charge in [-0.05, 0) is 0 Å². The zero-order valence-electron chi connectivity index (χ0n) is 6.07. The SMILES string of the molecule is COC(=O)c1cnnn1C(F)F. The van der Waals surface area contributed by atoms with Crippen LogP contribution in [0.15, 0.2) is 6.20 Å². The molecule has 0 atom stereocenters. The molecule has 0 radical (unpaired) electrons. The lowest BCUT2D eigenvalue weighted by atomic mass is 10.5. The molecule has 0 aliphatic rings. The predicted octanol–water partition coefficient (Wildman–Crippen LogP) is 0.460. The Morgan fingerprint density at radius 3 is 2.92 bits per heavy atom. The van der Waals surface area contributed by atoms with Crippen molar-refractivity contribution in [2.75, 3.05) is 7.11 Å². The van der Waals surface area contributed by atoms with Gasteiger partial charge in [0.25, 0.3) is 0 Å². The number of aromatic nitrogens is 3. The molecule has 0 aliphatic carbocycles. The van der Waals surface area contributed by atoms with Crippen LogP contribution in [0, 0.1) is 0 Å². The number of ether oxygens (including phenoxy) is 1. The van der Waals surface area contributed by atoms with Gasteiger partial charge in [0.1, 0.15) is 0 Å². The molecule has 1 heterocycles. The van der Waals surface area contributed by atoms with Gasteiger partial charge in [-0.15, -0.1) is 5.10 Å². The Bertz CT molecular complexity index is 286. The van der Waals surface area contributed by atoms with E-state index in [1.807, 2.05) is 0 Å². The Kier molecular flexibility index (Phi) is 2.32. The van der Waals surface area contributed by atoms with Gasteiger partial charge in [-0.2, -0.15) is 13.5 Å². The van der Waals surface area contributed by atoms with Crippen LogP contribution >= 0.6 is 0 Å². The Balaban J connectivity index is 2.99. The predicted molar refractivity (Wildman–Crippen MR) is 32.6 cm³/mol. The summed E-state index contributed by atoms with van der Waals surface area (Å²) < 4.78 is 28.4. The van der Waals surface area contributed by atoms with E-state index in [1.165, 1.54) is 0 Å². The molecule has 0 spiro atoms. The first-order chi connectivity index (χ1) is 5.66. The Labute approximate surface area is 65.9 Å². The topological polar surface area (TPSA) is 57.0 Å². The summed E-state index contributed by atoms with van der Waals surface area (Å²) >= 11 is 0. The highest BCUT2D eigenvalue weighted by Crippen LogP contribution is 2.10. The normalized spacial score (nSPS) is 10.3. The third kappa shape index (κ3) is 1.39. The van der Waals surface area contributed by atoms with Crippen molar-refractivity contribution in [1.29, 1.82) is 0 Å². The number of hydrogen-bond acceptors (Lipinski definition) is 4. The molecule has 5 nitrogen and oxygen atoms in total. The standard InChI is InChI=1S/C5H5F2N3O2/c1-12-4(11)3-2-8-9-10(3)5(6)7/h2,5H,1H3. The molecule has 0 unspecified atom stereocenters. The summed E-state index contributed by atoms with van der Waals surface area (Å²) in [5, 5.41) is 6.15. The second kappa shape index (κ2) is 3.24. The summed E-state index contributed by atoms with van der Waals surface area (Å²) in [5.74, 6) is -0.889. The summed E-state index contributed by atoms with van der Waals surface area (Å²) in [6, 6.07) is 0. The minimum atomic E-state index is -2.89. The molecule has 1 aromatic rings. The Hall–Kier alpha value is -1.53. The smallest absolute Gasteiger partial charge is 0.358 e. The van der Waals surface area contributed by atoms with Crippen molar-refractivity contribution in [2.45, 2.75) is 6.55 Å². The number of halogens is 2. The van der Waals surface area contributed by atoms with E-state index in [4.69, 9.17) is 0 Å². The molecule has 0 bridgehead atoms. The van der Waals surface area contributed by atoms with Crippen LogP contribution < -0.4 is 0 Å². The molecule has 12 heavy (non-hydrogen) atoms. The number of alkyl halides is 2. The van der Waals surface area contributed by atoms with Gasteiger partial charge >= 0.3 is 12.5 Å². The van der Waals surface area contributed by atoms with Crippen LogP contribution in [-0.4, -0.2) is 28.1 Å². The van der Waals surface area contributed by atoms with E-state index >= 15 is 0 Å². The van der Waals surface area contributed by atoms with Gasteiger partial charge in [0.2, 0.25) is 0 Å². The fourth-order valence-electron chi connectivity index (χ4n) is 0.638. The van der Waals surface area contributed by atoms with E-state index < -0.39 is 12.5 Å². The third-order valence-electron chi connectivity index (χ3n) is 1.15. The monoisotopic (exact) mass is 177 g/mol. The molecule has 1 rings (SSSR count). The first-order valence-electron chi connectivity index (χ1n) is 2.93. The lowest BCUT2D eigenvalue weighted by Crippen LogP contribution is -2.12. The third-order valence-corrected chi connectivity index (χ3v) is 1.15. The number of hydrogen-bond donors (Lipinski definition) is 0. The van der Waals surface area contributed by atoms with Gasteiger partial charge in [-0.3, -0.25) is 0 Å². The highest BCUT2D eigenvalue weighted by Gasteiger charge is 2.18. The largest absolute Gasteiger partial charge is 0.464 e. The van der Waals surface area contributed by atoms with Gasteiger partial charge in [0.05, 0.1) is 13.3 Å². The second-order valence-corrected chi connectivity index (χ2v) is 1.83. The van der Waals surface area contributed by atoms with E-state index in [-0.39, 0.29) is 10.4 Å². The number of rotatable bonds is 2. The molecule has 0 amide bonds. The van der Waals surface area contributed by atoms with Crippen molar-refractivity contribution in [3.63, 3.8) is 0 Å². The van der Waals surface area contributed by atoms with Crippen molar-refractivity contribution in [3.8, 4) is 0 Å². The molecule has 66 valence electrons. The zero-order valence-corrected chi connectivity index (χ0v) is 6.07. The molecule has 0 saturated carbocycles. The molecule has 0 aliphatic heterocycles. The lowest BCUT2D eigenvalue weighted by Gasteiger charge is -2.01. The Morgan fingerprint density at radius 1 is 1.75 bits per heavy atom. The average Bonchev–Trinajstić information content (AvgIpc) is 2.50. The summed E-state index contributed by atoms with van der Waals surface area (Å²) in [5.41, 5.74) is -0.368. The number of methoxy groups -OCH3 is 1. The first-order valence-corrected chi connectivity index (χ1v) is 2.93. The molecular weight excluding hydrogens is 172 g/mol. The number of nitrogens with zero attached hydrogens (tertiary/aromatic N) is 3. The molecule has 7 heteroatoms. The Morgan fingerprint density at radius 2 is 2.42 bits per heavy atom. The van der Waals surface area contributed by atoms with Crippen LogP contribution in [-0.2, 0) is 4.74 Å². The summed E-state index contributed by atoms with van der Waals surface area (Å²) in [6.45, 7) is -2.89. The van der Waals surface area contributed by atoms with Crippen LogP contribution in [0.3, 0.4) is 0 Å². The van der Waals surface area contributed by atoms with E-state index in [2.05, 4.69) is 15.0 Å². The molecular formula is C5H5F2N3O2. The summed E-state index contributed by atoms with van der Waals surface area (Å²) in [6.07, 6.45) is 0.915. The van der Waals surface area contributed by atoms with Crippen molar-refractivity contribution in [3.05, 3.63) is 11.9 Å². The maximum Gasteiger partial charge on any atom is 0.358 e. The number of esters is 1. The highest BCUT2D eigenvalue weighted by atomic mass is 19.3. The van der Waals surface area contributed by atoms with E-state index in [1.54, 1.807) is 0 Å². The minimum Gasteiger partial charge on any atom is -0.464 e. The van der Waals surface area contributed by atoms with Crippen LogP contribution in [0.4, 0.5) is 8.78 Å². The van der Waals surface area contributed by atoms with Gasteiger partial charge in [-0.1, -0.05) is 5.21 Å². The van der Waals surface area contributed by atoms with Gasteiger partial charge < -0.3 is 4.74 Å². The minimum absolute atomic E-state index is 0.186.